The number of hydrogen-bond donors (Lipinski definition) is 1. The number of anilines is 1. The van der Waals surface area contributed by atoms with Crippen LogP contribution in [0.4, 0.5) is 5.69 Å². The first-order chi connectivity index (χ1) is 8.57. The van der Waals surface area contributed by atoms with Gasteiger partial charge in [0.05, 0.1) is 28.9 Å². The lowest BCUT2D eigenvalue weighted by Crippen LogP contribution is -2.23. The van der Waals surface area contributed by atoms with Gasteiger partial charge in [0.2, 0.25) is 0 Å². The van der Waals surface area contributed by atoms with Crippen molar-refractivity contribution < 1.29 is 8.42 Å². The Kier molecular flexibility index (Phi) is 2.55. The molecular weight excluding hydrogens is 250 g/mol. The van der Waals surface area contributed by atoms with Crippen molar-refractivity contribution in [3.8, 4) is 0 Å². The number of aromatic nitrogens is 2. The van der Waals surface area contributed by atoms with E-state index in [1.165, 1.54) is 0 Å². The lowest BCUT2D eigenvalue weighted by atomic mass is 10.0. The van der Waals surface area contributed by atoms with Crippen molar-refractivity contribution >= 4 is 21.0 Å². The molecule has 0 aliphatic carbocycles. The third-order valence-electron chi connectivity index (χ3n) is 3.55. The summed E-state index contributed by atoms with van der Waals surface area (Å²) in [7, 11) is -2.83. The van der Waals surface area contributed by atoms with Crippen molar-refractivity contribution in [3.05, 3.63) is 30.4 Å². The first-order valence-corrected chi connectivity index (χ1v) is 7.81. The molecule has 3 heterocycles. The Morgan fingerprint density at radius 2 is 2.06 bits per heavy atom. The minimum absolute atomic E-state index is 0.206. The molecule has 5 nitrogen and oxygen atoms in total. The lowest BCUT2D eigenvalue weighted by Gasteiger charge is -2.20. The van der Waals surface area contributed by atoms with Gasteiger partial charge in [-0.25, -0.2) is 13.4 Å². The van der Waals surface area contributed by atoms with E-state index in [-0.39, 0.29) is 17.4 Å². The molecule has 6 heteroatoms. The predicted octanol–water partition coefficient (Wildman–Crippen LogP) is 1.21. The largest absolute Gasteiger partial charge is 0.397 e. The highest BCUT2D eigenvalue weighted by Gasteiger charge is 2.27. The molecule has 1 saturated heterocycles. The number of nitrogen functional groups attached to an aromatic ring is 1. The summed E-state index contributed by atoms with van der Waals surface area (Å²) in [5.41, 5.74) is 7.47. The van der Waals surface area contributed by atoms with Crippen molar-refractivity contribution in [1.29, 1.82) is 0 Å². The smallest absolute Gasteiger partial charge is 0.150 e. The molecule has 0 saturated carbocycles. The highest BCUT2D eigenvalue weighted by Crippen LogP contribution is 2.29. The van der Waals surface area contributed by atoms with Crippen LogP contribution in [0.15, 0.2) is 24.5 Å². The molecule has 0 atom stereocenters. The molecular formula is C12H15N3O2S. The zero-order chi connectivity index (χ0) is 12.8. The van der Waals surface area contributed by atoms with Crippen LogP contribution in [0.5, 0.6) is 0 Å². The average Bonchev–Trinajstić information content (AvgIpc) is 2.74. The van der Waals surface area contributed by atoms with Gasteiger partial charge in [0, 0.05) is 12.1 Å². The highest BCUT2D eigenvalue weighted by molar-refractivity contribution is 7.91. The quantitative estimate of drug-likeness (QED) is 0.840. The van der Waals surface area contributed by atoms with Gasteiger partial charge in [-0.2, -0.15) is 0 Å². The second-order valence-corrected chi connectivity index (χ2v) is 7.06. The van der Waals surface area contributed by atoms with Crippen LogP contribution in [0, 0.1) is 0 Å². The summed E-state index contributed by atoms with van der Waals surface area (Å²) >= 11 is 0. The van der Waals surface area contributed by atoms with E-state index in [4.69, 9.17) is 5.73 Å². The Hall–Kier alpha value is -1.56. The first-order valence-electron chi connectivity index (χ1n) is 5.99. The van der Waals surface area contributed by atoms with Gasteiger partial charge in [-0.05, 0) is 25.0 Å². The van der Waals surface area contributed by atoms with Gasteiger partial charge in [-0.1, -0.05) is 0 Å². The standard InChI is InChI=1S/C12H15N3O2S/c13-10-2-1-5-15-11(10)8-14-12(15)9-3-6-18(16,17)7-4-9/h1-2,5,8-9H,3-4,6-7,13H2. The van der Waals surface area contributed by atoms with Crippen LogP contribution < -0.4 is 5.73 Å². The number of nitrogens with two attached hydrogens (primary N) is 1. The van der Waals surface area contributed by atoms with E-state index in [1.54, 1.807) is 6.20 Å². The third kappa shape index (κ3) is 1.86. The van der Waals surface area contributed by atoms with E-state index in [0.717, 1.165) is 11.3 Å². The van der Waals surface area contributed by atoms with Crippen LogP contribution in [0.3, 0.4) is 0 Å². The molecule has 0 unspecified atom stereocenters. The van der Waals surface area contributed by atoms with Gasteiger partial charge in [0.25, 0.3) is 0 Å². The van der Waals surface area contributed by atoms with Crippen LogP contribution in [0.1, 0.15) is 24.6 Å². The van der Waals surface area contributed by atoms with E-state index >= 15 is 0 Å². The molecule has 1 fully saturated rings. The van der Waals surface area contributed by atoms with E-state index < -0.39 is 9.84 Å². The van der Waals surface area contributed by atoms with Crippen molar-refractivity contribution in [2.45, 2.75) is 18.8 Å². The maximum atomic E-state index is 11.4. The summed E-state index contributed by atoms with van der Waals surface area (Å²) in [6.45, 7) is 0. The zero-order valence-electron chi connectivity index (χ0n) is 9.91. The van der Waals surface area contributed by atoms with Crippen LogP contribution >= 0.6 is 0 Å². The van der Waals surface area contributed by atoms with Crippen molar-refractivity contribution in [1.82, 2.24) is 9.38 Å². The molecule has 0 spiro atoms. The summed E-state index contributed by atoms with van der Waals surface area (Å²) in [4.78, 5) is 4.42. The van der Waals surface area contributed by atoms with Crippen LogP contribution in [-0.2, 0) is 9.84 Å². The SMILES string of the molecule is Nc1cccn2c(C3CCS(=O)(=O)CC3)ncc12. The van der Waals surface area contributed by atoms with Crippen LogP contribution in [-0.4, -0.2) is 29.3 Å². The molecule has 2 aromatic heterocycles. The molecule has 18 heavy (non-hydrogen) atoms. The van der Waals surface area contributed by atoms with Crippen molar-refractivity contribution in [2.75, 3.05) is 17.2 Å². The fraction of sp³-hybridized carbons (Fsp3) is 0.417. The Bertz CT molecular complexity index is 676. The normalized spacial score (nSPS) is 20.2. The fourth-order valence-electron chi connectivity index (χ4n) is 2.51. The second kappa shape index (κ2) is 3.98. The molecule has 0 amide bonds. The zero-order valence-corrected chi connectivity index (χ0v) is 10.7. The van der Waals surface area contributed by atoms with E-state index in [9.17, 15) is 8.42 Å². The number of fused-ring (bicyclic) bond motifs is 1. The summed E-state index contributed by atoms with van der Waals surface area (Å²) in [5, 5.41) is 0. The number of imidazole rings is 1. The minimum atomic E-state index is -2.83. The number of sulfone groups is 1. The number of pyridine rings is 1. The van der Waals surface area contributed by atoms with E-state index in [0.29, 0.717) is 18.5 Å². The first kappa shape index (κ1) is 11.5. The van der Waals surface area contributed by atoms with Crippen molar-refractivity contribution in [2.24, 2.45) is 0 Å². The minimum Gasteiger partial charge on any atom is -0.397 e. The summed E-state index contributed by atoms with van der Waals surface area (Å²) in [5.74, 6) is 1.65. The topological polar surface area (TPSA) is 77.5 Å². The average molecular weight is 265 g/mol. The molecule has 0 bridgehead atoms. The predicted molar refractivity (Wildman–Crippen MR) is 70.2 cm³/mol. The van der Waals surface area contributed by atoms with Gasteiger partial charge in [-0.15, -0.1) is 0 Å². The molecule has 1 aliphatic heterocycles. The Morgan fingerprint density at radius 1 is 1.33 bits per heavy atom. The Balaban J connectivity index is 1.99. The molecule has 2 N–H and O–H groups in total. The third-order valence-corrected chi connectivity index (χ3v) is 5.27. The molecule has 3 rings (SSSR count). The van der Waals surface area contributed by atoms with E-state index in [1.807, 2.05) is 22.7 Å². The maximum Gasteiger partial charge on any atom is 0.150 e. The molecule has 1 aliphatic rings. The Morgan fingerprint density at radius 3 is 2.78 bits per heavy atom. The van der Waals surface area contributed by atoms with Gasteiger partial charge in [-0.3, -0.25) is 0 Å². The van der Waals surface area contributed by atoms with Gasteiger partial charge < -0.3 is 10.1 Å². The van der Waals surface area contributed by atoms with Gasteiger partial charge in [0.1, 0.15) is 15.7 Å². The second-order valence-electron chi connectivity index (χ2n) is 4.76. The Labute approximate surface area is 106 Å². The van der Waals surface area contributed by atoms with Gasteiger partial charge in [0.15, 0.2) is 0 Å². The molecule has 2 aromatic rings. The monoisotopic (exact) mass is 265 g/mol. The number of rotatable bonds is 1. The van der Waals surface area contributed by atoms with Gasteiger partial charge >= 0.3 is 0 Å². The number of nitrogens with zero attached hydrogens (tertiary/aromatic N) is 2. The van der Waals surface area contributed by atoms with Crippen LogP contribution in [0.2, 0.25) is 0 Å². The summed E-state index contributed by atoms with van der Waals surface area (Å²) in [6.07, 6.45) is 4.98. The highest BCUT2D eigenvalue weighted by atomic mass is 32.2. The maximum absolute atomic E-state index is 11.4. The summed E-state index contributed by atoms with van der Waals surface area (Å²) < 4.78 is 24.8. The van der Waals surface area contributed by atoms with Crippen LogP contribution in [0.25, 0.3) is 5.52 Å². The lowest BCUT2D eigenvalue weighted by molar-refractivity contribution is 0.536. The molecule has 96 valence electrons. The summed E-state index contributed by atoms with van der Waals surface area (Å²) in [6, 6.07) is 3.72. The fourth-order valence-corrected chi connectivity index (χ4v) is 4.01. The van der Waals surface area contributed by atoms with E-state index in [2.05, 4.69) is 4.98 Å². The molecule has 0 aromatic carbocycles. The molecule has 0 radical (unpaired) electrons. The van der Waals surface area contributed by atoms with Crippen molar-refractivity contribution in [3.63, 3.8) is 0 Å². The number of hydrogen-bond acceptors (Lipinski definition) is 4.